The highest BCUT2D eigenvalue weighted by Gasteiger charge is 2.42. The fraction of sp³-hybridized carbons (Fsp3) is 0.486. The largest absolute Gasteiger partial charge is 0.466 e. The molecule has 0 aromatic heterocycles. The average molecular weight is 643 g/mol. The Labute approximate surface area is 272 Å². The van der Waals surface area contributed by atoms with Crippen LogP contribution >= 0.6 is 23.2 Å². The van der Waals surface area contributed by atoms with Crippen molar-refractivity contribution in [3.8, 4) is 0 Å². The number of allylic oxidation sites excluding steroid dienone is 1. The molecule has 0 amide bonds. The molecule has 1 unspecified atom stereocenters. The van der Waals surface area contributed by atoms with Gasteiger partial charge >= 0.3 is 11.9 Å². The highest BCUT2D eigenvalue weighted by Crippen LogP contribution is 2.46. The molecule has 2 aliphatic rings. The zero-order chi connectivity index (χ0) is 32.0. The Kier molecular flexibility index (Phi) is 11.6. The minimum absolute atomic E-state index is 0.0875. The maximum absolute atomic E-state index is 13.7. The van der Waals surface area contributed by atoms with Gasteiger partial charge < -0.3 is 19.7 Å². The lowest BCUT2D eigenvalue weighted by Gasteiger charge is -2.45. The highest BCUT2D eigenvalue weighted by atomic mass is 35.5. The van der Waals surface area contributed by atoms with E-state index in [1.54, 1.807) is 18.2 Å². The van der Waals surface area contributed by atoms with Gasteiger partial charge in [0, 0.05) is 51.5 Å². The van der Waals surface area contributed by atoms with Crippen LogP contribution in [0.4, 0.5) is 0 Å². The number of methoxy groups -OCH3 is 2. The van der Waals surface area contributed by atoms with Crippen LogP contribution in [0.25, 0.3) is 0 Å². The third-order valence-corrected chi connectivity index (χ3v) is 9.39. The number of carbonyl (C=O) groups excluding carboxylic acids is 2. The Balaban J connectivity index is 1.84. The number of ether oxygens (including phenoxy) is 2. The third-order valence-electron chi connectivity index (χ3n) is 8.73. The first-order valence-electron chi connectivity index (χ1n) is 15.3. The number of rotatable bonds is 10. The molecule has 0 saturated carbocycles. The Morgan fingerprint density at radius 2 is 1.41 bits per heavy atom. The number of piperidine rings is 1. The average Bonchev–Trinajstić information content (AvgIpc) is 3.00. The molecule has 1 saturated heterocycles. The van der Waals surface area contributed by atoms with Gasteiger partial charge in [-0.2, -0.15) is 0 Å². The van der Waals surface area contributed by atoms with Gasteiger partial charge in [0.05, 0.1) is 31.3 Å². The lowest BCUT2D eigenvalue weighted by molar-refractivity contribution is -0.137. The van der Waals surface area contributed by atoms with Gasteiger partial charge in [-0.25, -0.2) is 9.59 Å². The van der Waals surface area contributed by atoms with Gasteiger partial charge in [-0.05, 0) is 84.3 Å². The molecule has 1 fully saturated rings. The molecule has 2 aliphatic heterocycles. The predicted octanol–water partition coefficient (Wildman–Crippen LogP) is 6.75. The van der Waals surface area contributed by atoms with Crippen molar-refractivity contribution in [1.29, 1.82) is 0 Å². The van der Waals surface area contributed by atoms with Gasteiger partial charge in [0.15, 0.2) is 0 Å². The Morgan fingerprint density at radius 3 is 1.93 bits per heavy atom. The van der Waals surface area contributed by atoms with Crippen LogP contribution in [0, 0.1) is 0 Å². The monoisotopic (exact) mass is 641 g/mol. The fourth-order valence-electron chi connectivity index (χ4n) is 6.50. The third kappa shape index (κ3) is 7.86. The number of aryl methyl sites for hydroxylation is 1. The van der Waals surface area contributed by atoms with Crippen LogP contribution in [0.3, 0.4) is 0 Å². The van der Waals surface area contributed by atoms with Gasteiger partial charge in [0.1, 0.15) is 0 Å². The predicted molar refractivity (Wildman–Crippen MR) is 177 cm³/mol. The van der Waals surface area contributed by atoms with Crippen LogP contribution in [-0.4, -0.2) is 74.2 Å². The van der Waals surface area contributed by atoms with E-state index in [1.165, 1.54) is 14.2 Å². The number of nitrogens with one attached hydrogen (secondary N) is 1. The minimum atomic E-state index is -0.871. The molecule has 0 radical (unpaired) electrons. The Hall–Kier alpha value is -2.84. The van der Waals surface area contributed by atoms with E-state index >= 15 is 0 Å². The van der Waals surface area contributed by atoms with E-state index in [0.29, 0.717) is 70.0 Å². The van der Waals surface area contributed by atoms with Crippen LogP contribution in [0.1, 0.15) is 63.5 Å². The lowest BCUT2D eigenvalue weighted by Crippen LogP contribution is -2.52. The Bertz CT molecular complexity index is 1370. The second-order valence-electron chi connectivity index (χ2n) is 12.6. The first-order valence-corrected chi connectivity index (χ1v) is 16.0. The number of hydrogen-bond donors (Lipinski definition) is 1. The normalized spacial score (nSPS) is 18.4. The molecular formula is C35H45Cl2N3O4. The lowest BCUT2D eigenvalue weighted by atomic mass is 9.78. The van der Waals surface area contributed by atoms with E-state index in [9.17, 15) is 9.59 Å². The summed E-state index contributed by atoms with van der Waals surface area (Å²) in [6.07, 6.45) is 3.89. The van der Waals surface area contributed by atoms with Gasteiger partial charge in [0.25, 0.3) is 0 Å². The molecule has 238 valence electrons. The minimum Gasteiger partial charge on any atom is -0.466 e. The molecule has 0 aliphatic carbocycles. The van der Waals surface area contributed by atoms with Crippen molar-refractivity contribution in [2.45, 2.75) is 70.4 Å². The molecule has 0 bridgehead atoms. The van der Waals surface area contributed by atoms with Crippen LogP contribution in [-0.2, 0) is 25.5 Å². The fourth-order valence-corrected chi connectivity index (χ4v) is 7.12. The summed E-state index contributed by atoms with van der Waals surface area (Å²) < 4.78 is 10.7. The van der Waals surface area contributed by atoms with E-state index in [4.69, 9.17) is 32.7 Å². The van der Waals surface area contributed by atoms with Gasteiger partial charge in [0.2, 0.25) is 0 Å². The van der Waals surface area contributed by atoms with E-state index in [0.717, 1.165) is 31.5 Å². The Morgan fingerprint density at radius 1 is 0.864 bits per heavy atom. The van der Waals surface area contributed by atoms with E-state index < -0.39 is 17.9 Å². The summed E-state index contributed by atoms with van der Waals surface area (Å²) in [4.78, 5) is 32.2. The number of halogens is 2. The zero-order valence-corrected chi connectivity index (χ0v) is 28.2. The van der Waals surface area contributed by atoms with E-state index in [1.807, 2.05) is 18.2 Å². The van der Waals surface area contributed by atoms with Crippen molar-refractivity contribution in [2.24, 2.45) is 0 Å². The van der Waals surface area contributed by atoms with Crippen LogP contribution in [0.5, 0.6) is 0 Å². The maximum atomic E-state index is 13.7. The number of esters is 2. The van der Waals surface area contributed by atoms with E-state index in [2.05, 4.69) is 55.1 Å². The van der Waals surface area contributed by atoms with Gasteiger partial charge in [-0.1, -0.05) is 59.6 Å². The zero-order valence-electron chi connectivity index (χ0n) is 26.7. The highest BCUT2D eigenvalue weighted by molar-refractivity contribution is 6.36. The molecule has 2 aromatic rings. The molecule has 7 nitrogen and oxygen atoms in total. The van der Waals surface area contributed by atoms with Crippen molar-refractivity contribution in [3.05, 3.63) is 92.2 Å². The molecule has 4 rings (SSSR count). The van der Waals surface area contributed by atoms with Crippen molar-refractivity contribution in [3.63, 3.8) is 0 Å². The number of likely N-dealkylation sites (tertiary alicyclic amines) is 1. The smallest absolute Gasteiger partial charge is 0.336 e. The van der Waals surface area contributed by atoms with Gasteiger partial charge in [-0.3, -0.25) is 4.90 Å². The second kappa shape index (κ2) is 15.0. The second-order valence-corrected chi connectivity index (χ2v) is 13.4. The SMILES string of the molecule is COC(=O)C1=C(CCc2ccccc2)NC(CCN(C2CCN(C)CC2)C(C)(C)C)=C(C(=O)OC)C1c1c(Cl)cccc1Cl. The summed E-state index contributed by atoms with van der Waals surface area (Å²) in [6, 6.07) is 15.7. The summed E-state index contributed by atoms with van der Waals surface area (Å²) in [5.41, 5.74) is 3.55. The van der Waals surface area contributed by atoms with Crippen molar-refractivity contribution < 1.29 is 19.1 Å². The van der Waals surface area contributed by atoms with Crippen LogP contribution in [0.2, 0.25) is 10.0 Å². The number of dihydropyridines is 1. The molecule has 44 heavy (non-hydrogen) atoms. The summed E-state index contributed by atoms with van der Waals surface area (Å²) in [7, 11) is 4.86. The van der Waals surface area contributed by atoms with Crippen LogP contribution in [0.15, 0.2) is 71.1 Å². The van der Waals surface area contributed by atoms with Crippen molar-refractivity contribution >= 4 is 35.1 Å². The summed E-state index contributed by atoms with van der Waals surface area (Å²) in [5, 5.41) is 4.26. The number of hydrogen-bond acceptors (Lipinski definition) is 7. The van der Waals surface area contributed by atoms with Gasteiger partial charge in [-0.15, -0.1) is 0 Å². The molecular weight excluding hydrogens is 597 g/mol. The molecule has 2 heterocycles. The van der Waals surface area contributed by atoms with E-state index in [-0.39, 0.29) is 5.54 Å². The number of nitrogens with zero attached hydrogens (tertiary/aromatic N) is 2. The van der Waals surface area contributed by atoms with Crippen LogP contribution < -0.4 is 5.32 Å². The summed E-state index contributed by atoms with van der Waals surface area (Å²) in [5.74, 6) is -1.97. The summed E-state index contributed by atoms with van der Waals surface area (Å²) >= 11 is 13.6. The topological polar surface area (TPSA) is 71.1 Å². The molecule has 1 atom stereocenters. The first-order chi connectivity index (χ1) is 21.0. The standard InChI is InChI=1S/C35H45Cl2N3O4/c1-35(2,3)40(24-17-20-39(4)21-18-24)22-19-28-31(34(42)44-6)32(29-25(36)13-10-14-26(29)37)30(33(41)43-5)27(38-28)16-15-23-11-8-7-9-12-23/h7-14,24,32,38H,15-22H2,1-6H3. The maximum Gasteiger partial charge on any atom is 0.336 e. The molecule has 9 heteroatoms. The quantitative estimate of drug-likeness (QED) is 0.288. The molecule has 0 spiro atoms. The van der Waals surface area contributed by atoms with Crippen molar-refractivity contribution in [2.75, 3.05) is 40.9 Å². The van der Waals surface area contributed by atoms with Crippen molar-refractivity contribution in [1.82, 2.24) is 15.1 Å². The number of benzene rings is 2. The molecule has 2 aromatic carbocycles. The first kappa shape index (κ1) is 34.0. The number of carbonyl (C=O) groups is 2. The summed E-state index contributed by atoms with van der Waals surface area (Å²) in [6.45, 7) is 9.52. The molecule has 1 N–H and O–H groups in total.